The molecule has 2 aliphatic heterocycles. The van der Waals surface area contributed by atoms with Gasteiger partial charge in [-0.15, -0.1) is 0 Å². The Balaban J connectivity index is 1.55. The molecule has 2 heterocycles. The normalized spacial score (nSPS) is 25.9. The molecule has 0 bridgehead atoms. The van der Waals surface area contributed by atoms with Crippen molar-refractivity contribution in [1.82, 2.24) is 10.2 Å². The lowest BCUT2D eigenvalue weighted by atomic mass is 9.90. The summed E-state index contributed by atoms with van der Waals surface area (Å²) in [6.45, 7) is 1.42. The number of piperazine rings is 1. The fraction of sp³-hybridized carbons (Fsp3) is 0.474. The fourth-order valence-corrected chi connectivity index (χ4v) is 4.13. The zero-order valence-corrected chi connectivity index (χ0v) is 13.3. The smallest absolute Gasteiger partial charge is 0.270 e. The Morgan fingerprint density at radius 3 is 2.83 bits per heavy atom. The molecule has 4 nitrogen and oxygen atoms in total. The molecule has 4 rings (SSSR count). The summed E-state index contributed by atoms with van der Waals surface area (Å²) in [7, 11) is 0. The number of ketones is 1. The molecular formula is C19H22N2O2. The molecule has 1 atom stereocenters. The van der Waals surface area contributed by atoms with E-state index in [0.717, 1.165) is 38.6 Å². The predicted molar refractivity (Wildman–Crippen MR) is 87.7 cm³/mol. The van der Waals surface area contributed by atoms with Crippen LogP contribution in [-0.4, -0.2) is 29.7 Å². The summed E-state index contributed by atoms with van der Waals surface area (Å²) >= 11 is 0. The number of hydrogen-bond acceptors (Lipinski definition) is 3. The van der Waals surface area contributed by atoms with Crippen molar-refractivity contribution < 1.29 is 9.59 Å². The van der Waals surface area contributed by atoms with Gasteiger partial charge in [0.25, 0.3) is 5.91 Å². The lowest BCUT2D eigenvalue weighted by Crippen LogP contribution is -2.51. The second kappa shape index (κ2) is 5.84. The third-order valence-corrected chi connectivity index (χ3v) is 5.43. The van der Waals surface area contributed by atoms with Crippen LogP contribution in [0.15, 0.2) is 36.0 Å². The Morgan fingerprint density at radius 1 is 1.22 bits per heavy atom. The van der Waals surface area contributed by atoms with Crippen molar-refractivity contribution in [2.75, 3.05) is 13.1 Å². The van der Waals surface area contributed by atoms with Gasteiger partial charge >= 0.3 is 0 Å². The van der Waals surface area contributed by atoms with Crippen molar-refractivity contribution in [3.05, 3.63) is 47.2 Å². The highest BCUT2D eigenvalue weighted by atomic mass is 16.2. The molecule has 1 saturated heterocycles. The van der Waals surface area contributed by atoms with Crippen molar-refractivity contribution in [3.63, 3.8) is 0 Å². The number of amides is 1. The van der Waals surface area contributed by atoms with Crippen LogP contribution < -0.4 is 5.32 Å². The minimum absolute atomic E-state index is 0.0258. The summed E-state index contributed by atoms with van der Waals surface area (Å²) < 4.78 is 0. The number of hydrogen-bond donors (Lipinski definition) is 1. The van der Waals surface area contributed by atoms with Crippen LogP contribution in [0.5, 0.6) is 0 Å². The monoisotopic (exact) mass is 310 g/mol. The van der Waals surface area contributed by atoms with E-state index >= 15 is 0 Å². The molecule has 0 aromatic heterocycles. The van der Waals surface area contributed by atoms with Crippen LogP contribution >= 0.6 is 0 Å². The predicted octanol–water partition coefficient (Wildman–Crippen LogP) is 2.36. The lowest BCUT2D eigenvalue weighted by molar-refractivity contribution is -0.132. The molecule has 0 spiro atoms. The number of rotatable bonds is 2. The third-order valence-electron chi connectivity index (χ3n) is 5.43. The molecule has 1 aromatic carbocycles. The number of nitrogens with zero attached hydrogens (tertiary/aromatic N) is 1. The topological polar surface area (TPSA) is 49.4 Å². The first-order valence-corrected chi connectivity index (χ1v) is 8.62. The quantitative estimate of drug-likeness (QED) is 0.853. The molecule has 2 fully saturated rings. The Kier molecular flexibility index (Phi) is 3.68. The van der Waals surface area contributed by atoms with E-state index in [1.54, 1.807) is 6.08 Å². The fourth-order valence-electron chi connectivity index (χ4n) is 4.13. The second-order valence-corrected chi connectivity index (χ2v) is 6.79. The van der Waals surface area contributed by atoms with E-state index < -0.39 is 0 Å². The van der Waals surface area contributed by atoms with Crippen molar-refractivity contribution in [2.45, 2.75) is 38.1 Å². The Morgan fingerprint density at radius 2 is 2.00 bits per heavy atom. The molecule has 1 saturated carbocycles. The molecular weight excluding hydrogens is 288 g/mol. The van der Waals surface area contributed by atoms with E-state index in [4.69, 9.17) is 0 Å². The van der Waals surface area contributed by atoms with Gasteiger partial charge in [0, 0.05) is 25.1 Å². The van der Waals surface area contributed by atoms with Gasteiger partial charge in [0.15, 0.2) is 5.78 Å². The van der Waals surface area contributed by atoms with Gasteiger partial charge in [-0.05, 0) is 30.4 Å². The second-order valence-electron chi connectivity index (χ2n) is 6.79. The average molecular weight is 310 g/mol. The Bertz CT molecular complexity index is 674. The molecule has 1 amide bonds. The summed E-state index contributed by atoms with van der Waals surface area (Å²) in [6, 6.07) is 8.43. The number of allylic oxidation sites excluding steroid dienone is 1. The molecule has 0 radical (unpaired) electrons. The molecule has 1 aliphatic carbocycles. The average Bonchev–Trinajstić information content (AvgIpc) is 3.12. The van der Waals surface area contributed by atoms with Gasteiger partial charge in [-0.2, -0.15) is 0 Å². The van der Waals surface area contributed by atoms with E-state index in [2.05, 4.69) is 23.5 Å². The molecule has 1 unspecified atom stereocenters. The minimum atomic E-state index is -0.0258. The summed E-state index contributed by atoms with van der Waals surface area (Å²) in [5.41, 5.74) is 3.05. The van der Waals surface area contributed by atoms with Crippen LogP contribution in [0, 0.1) is 5.92 Å². The zero-order chi connectivity index (χ0) is 15.8. The Labute approximate surface area is 136 Å². The summed E-state index contributed by atoms with van der Waals surface area (Å²) in [6.07, 6.45) is 6.65. The molecule has 120 valence electrons. The first-order valence-electron chi connectivity index (χ1n) is 8.62. The summed E-state index contributed by atoms with van der Waals surface area (Å²) in [4.78, 5) is 27.0. The van der Waals surface area contributed by atoms with E-state index in [1.807, 2.05) is 11.0 Å². The highest BCUT2D eigenvalue weighted by Gasteiger charge is 2.36. The highest BCUT2D eigenvalue weighted by molar-refractivity contribution is 6.02. The van der Waals surface area contributed by atoms with E-state index in [0.29, 0.717) is 12.2 Å². The van der Waals surface area contributed by atoms with Crippen molar-refractivity contribution in [2.24, 2.45) is 5.92 Å². The van der Waals surface area contributed by atoms with Crippen LogP contribution in [0.3, 0.4) is 0 Å². The number of benzene rings is 1. The maximum atomic E-state index is 12.8. The van der Waals surface area contributed by atoms with E-state index in [-0.39, 0.29) is 23.7 Å². The van der Waals surface area contributed by atoms with Crippen LogP contribution in [-0.2, 0) is 16.0 Å². The molecule has 4 heteroatoms. The largest absolute Gasteiger partial charge is 0.378 e. The zero-order valence-electron chi connectivity index (χ0n) is 13.3. The van der Waals surface area contributed by atoms with Gasteiger partial charge in [-0.1, -0.05) is 37.1 Å². The van der Waals surface area contributed by atoms with Crippen LogP contribution in [0.2, 0.25) is 0 Å². The first-order chi connectivity index (χ1) is 11.2. The molecule has 3 aliphatic rings. The van der Waals surface area contributed by atoms with Crippen LogP contribution in [0.1, 0.15) is 42.9 Å². The van der Waals surface area contributed by atoms with Crippen LogP contribution in [0.4, 0.5) is 0 Å². The van der Waals surface area contributed by atoms with Crippen molar-refractivity contribution in [1.29, 1.82) is 0 Å². The highest BCUT2D eigenvalue weighted by Crippen LogP contribution is 2.33. The van der Waals surface area contributed by atoms with Gasteiger partial charge in [-0.25, -0.2) is 0 Å². The van der Waals surface area contributed by atoms with Crippen LogP contribution in [0.25, 0.3) is 0 Å². The number of carbonyl (C=O) groups is 2. The molecule has 1 N–H and O–H groups in total. The maximum absolute atomic E-state index is 12.8. The van der Waals surface area contributed by atoms with E-state index in [1.165, 1.54) is 11.1 Å². The number of carbonyl (C=O) groups excluding carboxylic acids is 2. The third kappa shape index (κ3) is 2.56. The maximum Gasteiger partial charge on any atom is 0.270 e. The van der Waals surface area contributed by atoms with Gasteiger partial charge in [-0.3, -0.25) is 9.59 Å². The van der Waals surface area contributed by atoms with E-state index in [9.17, 15) is 9.59 Å². The number of fused-ring (bicyclic) bond motifs is 3. The van der Waals surface area contributed by atoms with Gasteiger partial charge in [0.2, 0.25) is 0 Å². The first kappa shape index (κ1) is 14.5. The van der Waals surface area contributed by atoms with Crippen molar-refractivity contribution >= 4 is 11.7 Å². The Hall–Kier alpha value is -2.10. The number of nitrogens with one attached hydrogen (secondary N) is 1. The summed E-state index contributed by atoms with van der Waals surface area (Å²) in [5.74, 6) is 0.216. The molecule has 23 heavy (non-hydrogen) atoms. The van der Waals surface area contributed by atoms with Gasteiger partial charge in [0.1, 0.15) is 5.70 Å². The molecule has 1 aromatic rings. The lowest BCUT2D eigenvalue weighted by Gasteiger charge is -2.41. The van der Waals surface area contributed by atoms with Crippen molar-refractivity contribution in [3.8, 4) is 0 Å². The van der Waals surface area contributed by atoms with Gasteiger partial charge < -0.3 is 10.2 Å². The minimum Gasteiger partial charge on any atom is -0.378 e. The van der Waals surface area contributed by atoms with Gasteiger partial charge in [0.05, 0.1) is 6.04 Å². The summed E-state index contributed by atoms with van der Waals surface area (Å²) in [5, 5.41) is 3.21. The standard InChI is InChI=1S/C19H22N2O2/c22-18(14-6-1-2-7-14)11-16-19(23)21-10-9-13-5-3-4-8-15(13)17(21)12-20-16/h3-5,8,11,14,17,20H,1-2,6-7,9-10,12H2. The SMILES string of the molecule is O=C(C=C1NCC2c3ccccc3CCN2C1=O)C1CCCC1.